The Hall–Kier alpha value is -0.570. The van der Waals surface area contributed by atoms with Crippen LogP contribution in [0.3, 0.4) is 0 Å². The summed E-state index contributed by atoms with van der Waals surface area (Å²) in [6, 6.07) is 5.80. The molecule has 0 aliphatic heterocycles. The van der Waals surface area contributed by atoms with Gasteiger partial charge in [0.1, 0.15) is 5.82 Å². The Labute approximate surface area is 75.0 Å². The molecule has 0 aliphatic rings. The summed E-state index contributed by atoms with van der Waals surface area (Å²) < 4.78 is 25.5. The van der Waals surface area contributed by atoms with Crippen LogP contribution in [0, 0.1) is 5.82 Å². The smallest absolute Gasteiger partial charge is 0.155 e. The zero-order valence-corrected chi connectivity index (χ0v) is 7.79. The van der Waals surface area contributed by atoms with Crippen LogP contribution >= 0.6 is 11.8 Å². The molecule has 1 aromatic carbocycles. The molecule has 0 heterocycles. The van der Waals surface area contributed by atoms with E-state index in [4.69, 9.17) is 0 Å². The lowest BCUT2D eigenvalue weighted by Gasteiger charge is -2.12. The second kappa shape index (κ2) is 3.44. The van der Waals surface area contributed by atoms with Crippen molar-refractivity contribution in [3.8, 4) is 0 Å². The lowest BCUT2D eigenvalue weighted by atomic mass is 10.3. The molecule has 0 bridgehead atoms. The van der Waals surface area contributed by atoms with Gasteiger partial charge in [0.25, 0.3) is 0 Å². The van der Waals surface area contributed by atoms with Crippen molar-refractivity contribution in [1.82, 2.24) is 0 Å². The average molecular weight is 188 g/mol. The van der Waals surface area contributed by atoms with Gasteiger partial charge in [-0.1, -0.05) is 11.8 Å². The zero-order valence-electron chi connectivity index (χ0n) is 6.97. The van der Waals surface area contributed by atoms with Crippen molar-refractivity contribution in [2.24, 2.45) is 0 Å². The van der Waals surface area contributed by atoms with Gasteiger partial charge in [-0.15, -0.1) is 0 Å². The van der Waals surface area contributed by atoms with Gasteiger partial charge in [0.05, 0.1) is 0 Å². The second-order valence-electron chi connectivity index (χ2n) is 2.92. The Morgan fingerprint density at radius 3 is 2.08 bits per heavy atom. The van der Waals surface area contributed by atoms with Crippen LogP contribution in [0.1, 0.15) is 13.8 Å². The van der Waals surface area contributed by atoms with Gasteiger partial charge in [-0.25, -0.2) is 8.78 Å². The predicted octanol–water partition coefficient (Wildman–Crippen LogP) is 3.62. The van der Waals surface area contributed by atoms with E-state index in [0.717, 1.165) is 16.7 Å². The molecule has 0 saturated carbocycles. The van der Waals surface area contributed by atoms with Crippen molar-refractivity contribution in [3.05, 3.63) is 30.1 Å². The summed E-state index contributed by atoms with van der Waals surface area (Å²) in [4.78, 5) is 0.740. The molecule has 0 aromatic heterocycles. The zero-order chi connectivity index (χ0) is 9.19. The van der Waals surface area contributed by atoms with Crippen LogP contribution in [0.5, 0.6) is 0 Å². The highest BCUT2D eigenvalue weighted by molar-refractivity contribution is 8.00. The maximum atomic E-state index is 13.0. The highest BCUT2D eigenvalue weighted by Crippen LogP contribution is 2.33. The number of hydrogen-bond acceptors (Lipinski definition) is 1. The van der Waals surface area contributed by atoms with Crippen molar-refractivity contribution in [3.63, 3.8) is 0 Å². The SMILES string of the molecule is CC(C)(F)Sc1ccc(F)cc1. The molecule has 0 spiro atoms. The van der Waals surface area contributed by atoms with E-state index in [1.54, 1.807) is 12.1 Å². The molecule has 1 aromatic rings. The third-order valence-corrected chi connectivity index (χ3v) is 2.17. The van der Waals surface area contributed by atoms with Crippen LogP contribution in [0.2, 0.25) is 0 Å². The standard InChI is InChI=1S/C9H10F2S/c1-9(2,11)12-8-5-3-7(10)4-6-8/h3-6H,1-2H3. The van der Waals surface area contributed by atoms with E-state index in [0.29, 0.717) is 0 Å². The number of halogens is 2. The van der Waals surface area contributed by atoms with Crippen LogP contribution in [-0.2, 0) is 0 Å². The van der Waals surface area contributed by atoms with E-state index in [1.807, 2.05) is 0 Å². The molecular weight excluding hydrogens is 178 g/mol. The molecule has 3 heteroatoms. The van der Waals surface area contributed by atoms with E-state index in [9.17, 15) is 8.78 Å². The molecule has 0 saturated heterocycles. The molecule has 0 N–H and O–H groups in total. The molecule has 0 aliphatic carbocycles. The summed E-state index contributed by atoms with van der Waals surface area (Å²) in [6.45, 7) is 2.95. The van der Waals surface area contributed by atoms with E-state index in [-0.39, 0.29) is 5.82 Å². The molecular formula is C9H10F2S. The largest absolute Gasteiger partial charge is 0.232 e. The quantitative estimate of drug-likeness (QED) is 0.639. The highest BCUT2D eigenvalue weighted by Gasteiger charge is 2.16. The minimum Gasteiger partial charge on any atom is -0.232 e. The van der Waals surface area contributed by atoms with Crippen molar-refractivity contribution in [2.45, 2.75) is 23.7 Å². The monoisotopic (exact) mass is 188 g/mol. The van der Waals surface area contributed by atoms with E-state index in [2.05, 4.69) is 0 Å². The molecule has 0 radical (unpaired) electrons. The van der Waals surface area contributed by atoms with Gasteiger partial charge in [0.15, 0.2) is 5.00 Å². The number of benzene rings is 1. The molecule has 0 amide bonds. The van der Waals surface area contributed by atoms with Gasteiger partial charge in [0.2, 0.25) is 0 Å². The Balaban J connectivity index is 2.71. The number of rotatable bonds is 2. The summed E-state index contributed by atoms with van der Waals surface area (Å²) in [5.74, 6) is -0.295. The summed E-state index contributed by atoms with van der Waals surface area (Å²) in [5.41, 5.74) is 0. The second-order valence-corrected chi connectivity index (χ2v) is 4.57. The minimum absolute atomic E-state index is 0.295. The normalized spacial score (nSPS) is 11.7. The molecule has 0 unspecified atom stereocenters. The first-order valence-corrected chi connectivity index (χ1v) is 4.42. The lowest BCUT2D eigenvalue weighted by Crippen LogP contribution is -2.03. The lowest BCUT2D eigenvalue weighted by molar-refractivity contribution is 0.346. The molecule has 12 heavy (non-hydrogen) atoms. The first kappa shape index (κ1) is 9.52. The van der Waals surface area contributed by atoms with Crippen LogP contribution in [-0.4, -0.2) is 5.00 Å². The van der Waals surface area contributed by atoms with E-state index in [1.165, 1.54) is 26.0 Å². The number of hydrogen-bond donors (Lipinski definition) is 0. The summed E-state index contributed by atoms with van der Waals surface area (Å²) in [6.07, 6.45) is 0. The summed E-state index contributed by atoms with van der Waals surface area (Å²) in [5, 5.41) is -1.31. The van der Waals surface area contributed by atoms with Gasteiger partial charge in [-0.2, -0.15) is 0 Å². The molecule has 66 valence electrons. The highest BCUT2D eigenvalue weighted by atomic mass is 32.2. The van der Waals surface area contributed by atoms with Crippen molar-refractivity contribution >= 4 is 11.8 Å². The van der Waals surface area contributed by atoms with Gasteiger partial charge < -0.3 is 0 Å². The Bertz CT molecular complexity index is 248. The van der Waals surface area contributed by atoms with Crippen LogP contribution in [0.4, 0.5) is 8.78 Å². The van der Waals surface area contributed by atoms with Gasteiger partial charge in [-0.3, -0.25) is 0 Å². The number of alkyl halides is 1. The van der Waals surface area contributed by atoms with E-state index >= 15 is 0 Å². The Morgan fingerprint density at radius 1 is 1.17 bits per heavy atom. The average Bonchev–Trinajstić information content (AvgIpc) is 1.91. The fourth-order valence-electron chi connectivity index (χ4n) is 0.783. The van der Waals surface area contributed by atoms with Crippen molar-refractivity contribution < 1.29 is 8.78 Å². The maximum Gasteiger partial charge on any atom is 0.155 e. The van der Waals surface area contributed by atoms with Crippen molar-refractivity contribution in [2.75, 3.05) is 0 Å². The first-order valence-electron chi connectivity index (χ1n) is 3.61. The van der Waals surface area contributed by atoms with Gasteiger partial charge in [0, 0.05) is 4.90 Å². The molecule has 0 atom stereocenters. The topological polar surface area (TPSA) is 0 Å². The van der Waals surface area contributed by atoms with E-state index < -0.39 is 5.00 Å². The van der Waals surface area contributed by atoms with Gasteiger partial charge >= 0.3 is 0 Å². The summed E-state index contributed by atoms with van der Waals surface area (Å²) >= 11 is 1.08. The molecule has 1 rings (SSSR count). The first-order chi connectivity index (χ1) is 5.47. The Kier molecular flexibility index (Phi) is 2.73. The van der Waals surface area contributed by atoms with Crippen LogP contribution in [0.15, 0.2) is 29.2 Å². The fraction of sp³-hybridized carbons (Fsp3) is 0.333. The predicted molar refractivity (Wildman–Crippen MR) is 47.4 cm³/mol. The van der Waals surface area contributed by atoms with Crippen LogP contribution in [0.25, 0.3) is 0 Å². The maximum absolute atomic E-state index is 13.0. The third kappa shape index (κ3) is 3.22. The van der Waals surface area contributed by atoms with Crippen molar-refractivity contribution in [1.29, 1.82) is 0 Å². The summed E-state index contributed by atoms with van der Waals surface area (Å²) in [7, 11) is 0. The fourth-order valence-corrected chi connectivity index (χ4v) is 1.62. The van der Waals surface area contributed by atoms with Crippen LogP contribution < -0.4 is 0 Å². The Morgan fingerprint density at radius 2 is 1.67 bits per heavy atom. The molecule has 0 nitrogen and oxygen atoms in total. The van der Waals surface area contributed by atoms with Gasteiger partial charge in [-0.05, 0) is 38.1 Å². The number of thioether (sulfide) groups is 1. The third-order valence-electron chi connectivity index (χ3n) is 1.17. The molecule has 0 fully saturated rings. The minimum atomic E-state index is -1.31.